The Hall–Kier alpha value is -3.93. The number of hydrogen-bond donors (Lipinski definition) is 1. The van der Waals surface area contributed by atoms with E-state index in [9.17, 15) is 4.79 Å². The number of hydrogen-bond acceptors (Lipinski definition) is 5. The first-order valence-electron chi connectivity index (χ1n) is 8.09. The van der Waals surface area contributed by atoms with Crippen molar-refractivity contribution in [2.45, 2.75) is 0 Å². The van der Waals surface area contributed by atoms with Crippen molar-refractivity contribution >= 4 is 5.97 Å². The number of aliphatic carboxylic acids is 1. The monoisotopic (exact) mass is 360 g/mol. The minimum atomic E-state index is -1.05. The van der Waals surface area contributed by atoms with Crippen LogP contribution in [0.2, 0.25) is 0 Å². The van der Waals surface area contributed by atoms with Crippen molar-refractivity contribution in [2.75, 3.05) is 0 Å². The van der Waals surface area contributed by atoms with E-state index < -0.39 is 5.97 Å². The van der Waals surface area contributed by atoms with Gasteiger partial charge in [-0.15, -0.1) is 0 Å². The molecule has 2 aromatic rings. The summed E-state index contributed by atoms with van der Waals surface area (Å²) in [5.74, 6) is -0.450. The molecule has 0 aromatic carbocycles. The molecule has 0 unspecified atom stereocenters. The number of rotatable bonds is 2. The molecule has 0 aliphatic carbocycles. The molecular formula is C21H16N2O4. The quantitative estimate of drug-likeness (QED) is 0.872. The molecule has 0 saturated heterocycles. The van der Waals surface area contributed by atoms with E-state index in [2.05, 4.69) is 9.97 Å². The van der Waals surface area contributed by atoms with Crippen molar-refractivity contribution in [3.63, 3.8) is 0 Å². The minimum absolute atomic E-state index is 0.0763. The molecule has 0 bridgehead atoms. The second-order valence-electron chi connectivity index (χ2n) is 5.26. The standard InChI is InChI=1S/C11H8O4.C10H8N2/c12-11(13)8-4-3-7-15-10(8)9-5-1-2-6-14-9;1-3-7-11-9(5-1)10-6-2-4-8-12-10/h1-7H,(H,12,13);1-8H. The number of carbonyl (C=O) groups is 1. The molecule has 1 N–H and O–H groups in total. The van der Waals surface area contributed by atoms with Crippen LogP contribution < -0.4 is 0 Å². The van der Waals surface area contributed by atoms with Gasteiger partial charge in [0.1, 0.15) is 5.57 Å². The number of ether oxygens (including phenoxy) is 2. The predicted octanol–water partition coefficient (Wildman–Crippen LogP) is 4.00. The molecule has 0 amide bonds. The van der Waals surface area contributed by atoms with Crippen molar-refractivity contribution in [1.82, 2.24) is 9.97 Å². The van der Waals surface area contributed by atoms with Gasteiger partial charge in [-0.3, -0.25) is 9.97 Å². The molecule has 27 heavy (non-hydrogen) atoms. The van der Waals surface area contributed by atoms with Gasteiger partial charge in [-0.05, 0) is 48.6 Å². The Morgan fingerprint density at radius 2 is 1.52 bits per heavy atom. The summed E-state index contributed by atoms with van der Waals surface area (Å²) in [4.78, 5) is 19.3. The smallest absolute Gasteiger partial charge is 0.339 e. The molecule has 0 spiro atoms. The molecule has 0 fully saturated rings. The van der Waals surface area contributed by atoms with Crippen molar-refractivity contribution < 1.29 is 19.4 Å². The van der Waals surface area contributed by atoms with Gasteiger partial charge in [0.05, 0.1) is 23.9 Å². The Morgan fingerprint density at radius 1 is 0.852 bits per heavy atom. The van der Waals surface area contributed by atoms with Crippen LogP contribution in [0.1, 0.15) is 0 Å². The summed E-state index contributed by atoms with van der Waals surface area (Å²) < 4.78 is 10.3. The van der Waals surface area contributed by atoms with E-state index in [1.165, 1.54) is 24.7 Å². The first-order chi connectivity index (χ1) is 13.3. The molecule has 2 aromatic heterocycles. The van der Waals surface area contributed by atoms with Gasteiger partial charge in [-0.25, -0.2) is 4.79 Å². The highest BCUT2D eigenvalue weighted by Crippen LogP contribution is 2.24. The summed E-state index contributed by atoms with van der Waals surface area (Å²) in [5, 5.41) is 8.93. The number of allylic oxidation sites excluding steroid dienone is 5. The summed E-state index contributed by atoms with van der Waals surface area (Å²) in [6.07, 6.45) is 14.5. The molecule has 6 nitrogen and oxygen atoms in total. The van der Waals surface area contributed by atoms with Crippen LogP contribution in [0, 0.1) is 0 Å². The van der Waals surface area contributed by atoms with Crippen LogP contribution in [-0.4, -0.2) is 21.0 Å². The fraction of sp³-hybridized carbons (Fsp3) is 0. The van der Waals surface area contributed by atoms with Crippen LogP contribution in [-0.2, 0) is 14.3 Å². The largest absolute Gasteiger partial charge is 0.478 e. The SMILES string of the molecule is O=C(O)C1=CC=COC1=C1C=CC=CO1.c1ccc(-c2ccccn2)nc1. The third-order valence-electron chi connectivity index (χ3n) is 3.45. The Bertz CT molecular complexity index is 905. The normalized spacial score (nSPS) is 17.1. The molecule has 4 heterocycles. The average molecular weight is 360 g/mol. The van der Waals surface area contributed by atoms with Gasteiger partial charge < -0.3 is 14.6 Å². The van der Waals surface area contributed by atoms with E-state index >= 15 is 0 Å². The molecule has 0 atom stereocenters. The maximum Gasteiger partial charge on any atom is 0.339 e. The van der Waals surface area contributed by atoms with Gasteiger partial charge in [-0.2, -0.15) is 0 Å². The second kappa shape index (κ2) is 8.96. The number of nitrogens with zero attached hydrogens (tertiary/aromatic N) is 2. The minimum Gasteiger partial charge on any atom is -0.478 e. The van der Waals surface area contributed by atoms with Crippen LogP contribution in [0.3, 0.4) is 0 Å². The maximum atomic E-state index is 10.9. The lowest BCUT2D eigenvalue weighted by Gasteiger charge is -2.14. The highest BCUT2D eigenvalue weighted by Gasteiger charge is 2.21. The van der Waals surface area contributed by atoms with Gasteiger partial charge >= 0.3 is 5.97 Å². The molecule has 2 aliphatic rings. The Balaban J connectivity index is 0.000000159. The topological polar surface area (TPSA) is 81.5 Å². The van der Waals surface area contributed by atoms with Crippen LogP contribution in [0.15, 0.2) is 109 Å². The van der Waals surface area contributed by atoms with Crippen LogP contribution >= 0.6 is 0 Å². The van der Waals surface area contributed by atoms with Crippen molar-refractivity contribution in [2.24, 2.45) is 0 Å². The third kappa shape index (κ3) is 4.79. The third-order valence-corrected chi connectivity index (χ3v) is 3.45. The predicted molar refractivity (Wildman–Crippen MR) is 99.8 cm³/mol. The van der Waals surface area contributed by atoms with Gasteiger partial charge in [0.25, 0.3) is 0 Å². The number of carboxylic acid groups (broad SMARTS) is 1. The summed E-state index contributed by atoms with van der Waals surface area (Å²) >= 11 is 0. The van der Waals surface area contributed by atoms with Crippen LogP contribution in [0.25, 0.3) is 11.4 Å². The summed E-state index contributed by atoms with van der Waals surface area (Å²) in [7, 11) is 0. The second-order valence-corrected chi connectivity index (χ2v) is 5.26. The van der Waals surface area contributed by atoms with E-state index in [0.717, 1.165) is 11.4 Å². The number of pyridine rings is 2. The van der Waals surface area contributed by atoms with Gasteiger partial charge in [-0.1, -0.05) is 18.2 Å². The lowest BCUT2D eigenvalue weighted by atomic mass is 10.1. The van der Waals surface area contributed by atoms with Gasteiger partial charge in [0.15, 0.2) is 11.5 Å². The van der Waals surface area contributed by atoms with E-state index in [1.807, 2.05) is 36.4 Å². The summed E-state index contributed by atoms with van der Waals surface area (Å²) in [6, 6.07) is 11.6. The van der Waals surface area contributed by atoms with Crippen LogP contribution in [0.4, 0.5) is 0 Å². The lowest BCUT2D eigenvalue weighted by molar-refractivity contribution is -0.132. The van der Waals surface area contributed by atoms with E-state index in [0.29, 0.717) is 5.76 Å². The molecule has 4 rings (SSSR count). The fourth-order valence-electron chi connectivity index (χ4n) is 2.24. The zero-order valence-electron chi connectivity index (χ0n) is 14.2. The van der Waals surface area contributed by atoms with Crippen molar-refractivity contribution in [3.8, 4) is 11.4 Å². The number of aromatic nitrogens is 2. The molecule has 2 aliphatic heterocycles. The molecule has 134 valence electrons. The van der Waals surface area contributed by atoms with Gasteiger partial charge in [0.2, 0.25) is 0 Å². The van der Waals surface area contributed by atoms with E-state index in [4.69, 9.17) is 14.6 Å². The van der Waals surface area contributed by atoms with Crippen molar-refractivity contribution in [3.05, 3.63) is 109 Å². The van der Waals surface area contributed by atoms with E-state index in [1.54, 1.807) is 30.6 Å². The maximum absolute atomic E-state index is 10.9. The Kier molecular flexibility index (Phi) is 5.93. The summed E-state index contributed by atoms with van der Waals surface area (Å²) in [5.41, 5.74) is 1.91. The average Bonchev–Trinajstić information content (AvgIpc) is 2.76. The van der Waals surface area contributed by atoms with Gasteiger partial charge in [0, 0.05) is 12.4 Å². The molecule has 0 saturated carbocycles. The Morgan fingerprint density at radius 3 is 2.04 bits per heavy atom. The first kappa shape index (κ1) is 17.9. The highest BCUT2D eigenvalue weighted by atomic mass is 16.5. The van der Waals surface area contributed by atoms with Crippen molar-refractivity contribution in [1.29, 1.82) is 0 Å². The Labute approximate surface area is 156 Å². The zero-order valence-corrected chi connectivity index (χ0v) is 14.2. The first-order valence-corrected chi connectivity index (χ1v) is 8.09. The summed E-state index contributed by atoms with van der Waals surface area (Å²) in [6.45, 7) is 0. The highest BCUT2D eigenvalue weighted by molar-refractivity contribution is 5.92. The zero-order chi connectivity index (χ0) is 18.9. The fourth-order valence-corrected chi connectivity index (χ4v) is 2.24. The molecular weight excluding hydrogens is 344 g/mol. The molecule has 6 heteroatoms. The lowest BCUT2D eigenvalue weighted by Crippen LogP contribution is -2.10. The number of carboxylic acids is 1. The van der Waals surface area contributed by atoms with Crippen LogP contribution in [0.5, 0.6) is 0 Å². The van der Waals surface area contributed by atoms with E-state index in [-0.39, 0.29) is 11.3 Å². The molecule has 0 radical (unpaired) electrons.